The molecule has 0 aliphatic rings. The van der Waals surface area contributed by atoms with Crippen LogP contribution in [0.5, 0.6) is 0 Å². The van der Waals surface area contributed by atoms with Crippen LogP contribution in [0.3, 0.4) is 0 Å². The number of nitrogens with zero attached hydrogens (tertiary/aromatic N) is 4. The monoisotopic (exact) mass is 922 g/mol. The van der Waals surface area contributed by atoms with E-state index in [1.807, 2.05) is 0 Å². The number of aryl methyl sites for hydroxylation is 2. The molecule has 11 aromatic carbocycles. The highest BCUT2D eigenvalue weighted by Gasteiger charge is 2.20. The molecule has 0 atom stereocenters. The summed E-state index contributed by atoms with van der Waals surface area (Å²) in [5.41, 5.74) is 20.8. The molecule has 4 heteroatoms. The molecule has 0 saturated heterocycles. The van der Waals surface area contributed by atoms with Crippen LogP contribution in [0.4, 0.5) is 34.1 Å². The van der Waals surface area contributed by atoms with E-state index in [2.05, 4.69) is 300 Å². The summed E-state index contributed by atoms with van der Waals surface area (Å²) in [6.45, 7) is 4.28. The normalized spacial score (nSPS) is 11.5. The van der Waals surface area contributed by atoms with Crippen molar-refractivity contribution in [3.05, 3.63) is 278 Å². The fourth-order valence-electron chi connectivity index (χ4n) is 10.7. The van der Waals surface area contributed by atoms with Gasteiger partial charge in [0.25, 0.3) is 0 Å². The van der Waals surface area contributed by atoms with Crippen LogP contribution < -0.4 is 9.80 Å². The largest absolute Gasteiger partial charge is 0.310 e. The molecule has 0 bridgehead atoms. The minimum atomic E-state index is 1.09. The van der Waals surface area contributed by atoms with Crippen LogP contribution in [0.1, 0.15) is 11.1 Å². The van der Waals surface area contributed by atoms with Gasteiger partial charge in [-0.25, -0.2) is 0 Å². The summed E-state index contributed by atoms with van der Waals surface area (Å²) >= 11 is 0. The van der Waals surface area contributed by atoms with E-state index >= 15 is 0 Å². The molecule has 342 valence electrons. The number of fused-ring (bicyclic) bond motifs is 6. The Morgan fingerprint density at radius 3 is 1.11 bits per heavy atom. The Kier molecular flexibility index (Phi) is 10.6. The summed E-state index contributed by atoms with van der Waals surface area (Å²) < 4.78 is 4.77. The lowest BCUT2D eigenvalue weighted by Gasteiger charge is -2.26. The van der Waals surface area contributed by atoms with E-state index in [-0.39, 0.29) is 0 Å². The first-order chi connectivity index (χ1) is 35.5. The van der Waals surface area contributed by atoms with Crippen molar-refractivity contribution in [1.29, 1.82) is 0 Å². The fourth-order valence-corrected chi connectivity index (χ4v) is 10.7. The zero-order valence-corrected chi connectivity index (χ0v) is 40.2. The van der Waals surface area contributed by atoms with E-state index in [4.69, 9.17) is 0 Å². The van der Waals surface area contributed by atoms with Gasteiger partial charge < -0.3 is 18.9 Å². The van der Waals surface area contributed by atoms with Crippen LogP contribution in [0.15, 0.2) is 267 Å². The minimum absolute atomic E-state index is 1.09. The second kappa shape index (κ2) is 17.9. The number of benzene rings is 11. The minimum Gasteiger partial charge on any atom is -0.310 e. The molecule has 72 heavy (non-hydrogen) atoms. The Hall–Kier alpha value is -9.38. The lowest BCUT2D eigenvalue weighted by molar-refractivity contribution is 1.17. The Morgan fingerprint density at radius 1 is 0.236 bits per heavy atom. The average Bonchev–Trinajstić information content (AvgIpc) is 3.95. The predicted octanol–water partition coefficient (Wildman–Crippen LogP) is 18.8. The van der Waals surface area contributed by atoms with Gasteiger partial charge in [-0.3, -0.25) is 0 Å². The molecule has 0 aliphatic heterocycles. The number of rotatable bonds is 10. The number of para-hydroxylation sites is 4. The zero-order valence-electron chi connectivity index (χ0n) is 40.2. The molecule has 0 aliphatic carbocycles. The molecule has 0 N–H and O–H groups in total. The average molecular weight is 923 g/mol. The van der Waals surface area contributed by atoms with Crippen molar-refractivity contribution in [3.8, 4) is 33.6 Å². The summed E-state index contributed by atoms with van der Waals surface area (Å²) in [5.74, 6) is 0. The third-order valence-corrected chi connectivity index (χ3v) is 14.2. The quantitative estimate of drug-likeness (QED) is 0.136. The molecule has 13 aromatic rings. The van der Waals surface area contributed by atoms with Gasteiger partial charge in [0.1, 0.15) is 0 Å². The van der Waals surface area contributed by atoms with Crippen molar-refractivity contribution >= 4 is 77.7 Å². The first-order valence-electron chi connectivity index (χ1n) is 24.7. The van der Waals surface area contributed by atoms with Gasteiger partial charge in [0.15, 0.2) is 0 Å². The van der Waals surface area contributed by atoms with Gasteiger partial charge in [-0.2, -0.15) is 0 Å². The molecule has 0 radical (unpaired) electrons. The SMILES string of the molecule is Cc1ccc(-n2c3ccccc3c3cc(N(c4ccccc4)c4ccc(-c5cccc(-c6cccc(N(c7ccccc7)c7ccc8c(c7)c7ccccc7n8-c7ccc(C)cc7)c6)c5)cc4)ccc32)cc1. The maximum atomic E-state index is 2.38. The third-order valence-electron chi connectivity index (χ3n) is 14.2. The molecular formula is C68H50N4. The Balaban J connectivity index is 0.849. The van der Waals surface area contributed by atoms with Crippen molar-refractivity contribution in [3.63, 3.8) is 0 Å². The number of aromatic nitrogens is 2. The van der Waals surface area contributed by atoms with Crippen molar-refractivity contribution in [2.24, 2.45) is 0 Å². The Morgan fingerprint density at radius 2 is 0.597 bits per heavy atom. The van der Waals surface area contributed by atoms with Crippen molar-refractivity contribution in [1.82, 2.24) is 9.13 Å². The van der Waals surface area contributed by atoms with Crippen molar-refractivity contribution in [2.75, 3.05) is 9.80 Å². The smallest absolute Gasteiger partial charge is 0.0542 e. The standard InChI is InChI=1S/C68H50N4/c1-47-27-33-56(34-28-47)71-65-25-11-9-23-61(65)63-45-59(39-41-67(63)71)69(53-18-5-3-6-19-53)55-37-31-49(32-38-55)50-15-13-16-51(43-50)52-17-14-22-58(44-52)70(54-20-7-4-8-21-54)60-40-42-68-64(46-60)62-24-10-12-26-66(62)72(68)57-35-29-48(2)30-36-57/h3-46H,1-2H3. The molecule has 0 amide bonds. The van der Waals surface area contributed by atoms with E-state index in [1.54, 1.807) is 0 Å². The van der Waals surface area contributed by atoms with Crippen LogP contribution in [0.25, 0.3) is 77.2 Å². The molecular weight excluding hydrogens is 873 g/mol. The molecule has 0 unspecified atom stereocenters. The van der Waals surface area contributed by atoms with E-state index in [0.717, 1.165) is 67.8 Å². The fraction of sp³-hybridized carbons (Fsp3) is 0.0294. The van der Waals surface area contributed by atoms with Gasteiger partial charge >= 0.3 is 0 Å². The molecule has 2 aromatic heterocycles. The maximum absolute atomic E-state index is 2.38. The summed E-state index contributed by atoms with van der Waals surface area (Å²) in [5, 5.41) is 4.90. The lowest BCUT2D eigenvalue weighted by Crippen LogP contribution is -2.10. The maximum Gasteiger partial charge on any atom is 0.0542 e. The molecule has 4 nitrogen and oxygen atoms in total. The number of hydrogen-bond donors (Lipinski definition) is 0. The van der Waals surface area contributed by atoms with Crippen LogP contribution in [-0.2, 0) is 0 Å². The first kappa shape index (κ1) is 42.7. The Bertz CT molecular complexity index is 4090. The Labute approximate surface area is 420 Å². The van der Waals surface area contributed by atoms with Crippen molar-refractivity contribution in [2.45, 2.75) is 13.8 Å². The second-order valence-corrected chi connectivity index (χ2v) is 18.8. The molecule has 0 fully saturated rings. The highest BCUT2D eigenvalue weighted by molar-refractivity contribution is 6.12. The first-order valence-corrected chi connectivity index (χ1v) is 24.7. The van der Waals surface area contributed by atoms with Crippen LogP contribution >= 0.6 is 0 Å². The molecule has 13 rings (SSSR count). The molecule has 0 spiro atoms. The summed E-state index contributed by atoms with van der Waals surface area (Å²) in [6.07, 6.45) is 0. The second-order valence-electron chi connectivity index (χ2n) is 18.8. The summed E-state index contributed by atoms with van der Waals surface area (Å²) in [6, 6.07) is 97.2. The predicted molar refractivity (Wildman–Crippen MR) is 305 cm³/mol. The van der Waals surface area contributed by atoms with Crippen LogP contribution in [0.2, 0.25) is 0 Å². The van der Waals surface area contributed by atoms with Gasteiger partial charge in [0.05, 0.1) is 22.1 Å². The highest BCUT2D eigenvalue weighted by Crippen LogP contribution is 2.43. The van der Waals surface area contributed by atoms with Gasteiger partial charge in [-0.1, -0.05) is 151 Å². The van der Waals surface area contributed by atoms with Crippen molar-refractivity contribution < 1.29 is 0 Å². The van der Waals surface area contributed by atoms with E-state index in [1.165, 1.54) is 54.7 Å². The number of anilines is 6. The summed E-state index contributed by atoms with van der Waals surface area (Å²) in [4.78, 5) is 4.74. The van der Waals surface area contributed by atoms with Gasteiger partial charge in [0.2, 0.25) is 0 Å². The van der Waals surface area contributed by atoms with Gasteiger partial charge in [-0.15, -0.1) is 0 Å². The topological polar surface area (TPSA) is 16.3 Å². The lowest BCUT2D eigenvalue weighted by atomic mass is 9.98. The number of hydrogen-bond acceptors (Lipinski definition) is 2. The van der Waals surface area contributed by atoms with E-state index in [9.17, 15) is 0 Å². The molecule has 2 heterocycles. The molecule has 0 saturated carbocycles. The highest BCUT2D eigenvalue weighted by atomic mass is 15.1. The summed E-state index contributed by atoms with van der Waals surface area (Å²) in [7, 11) is 0. The zero-order chi connectivity index (χ0) is 48.1. The van der Waals surface area contributed by atoms with Crippen LogP contribution in [0, 0.1) is 13.8 Å². The van der Waals surface area contributed by atoms with E-state index < -0.39 is 0 Å². The van der Waals surface area contributed by atoms with Gasteiger partial charge in [-0.05, 0) is 163 Å². The third kappa shape index (κ3) is 7.58. The van der Waals surface area contributed by atoms with Gasteiger partial charge in [0, 0.05) is 67.0 Å². The van der Waals surface area contributed by atoms with E-state index in [0.29, 0.717) is 0 Å². The van der Waals surface area contributed by atoms with Crippen LogP contribution in [-0.4, -0.2) is 9.13 Å².